The number of thiophene rings is 1. The summed E-state index contributed by atoms with van der Waals surface area (Å²) < 4.78 is 6.98. The van der Waals surface area contributed by atoms with Crippen LogP contribution < -0.4 is 10.1 Å². The summed E-state index contributed by atoms with van der Waals surface area (Å²) in [4.78, 5) is 13.2. The van der Waals surface area contributed by atoms with Gasteiger partial charge in [0.05, 0.1) is 6.10 Å². The SMILES string of the molecule is CC(C)Oc1c(C(=O)NCc2ccccc2)sc2ccccc12. The lowest BCUT2D eigenvalue weighted by atomic mass is 10.2. The van der Waals surface area contributed by atoms with Gasteiger partial charge in [-0.2, -0.15) is 0 Å². The summed E-state index contributed by atoms with van der Waals surface area (Å²) in [5.41, 5.74) is 1.08. The van der Waals surface area contributed by atoms with E-state index in [1.54, 1.807) is 0 Å². The molecular formula is C19H19NO2S. The van der Waals surface area contributed by atoms with Gasteiger partial charge in [0.15, 0.2) is 5.75 Å². The minimum Gasteiger partial charge on any atom is -0.489 e. The van der Waals surface area contributed by atoms with Crippen LogP contribution >= 0.6 is 11.3 Å². The van der Waals surface area contributed by atoms with Crippen molar-refractivity contribution < 1.29 is 9.53 Å². The van der Waals surface area contributed by atoms with Crippen molar-refractivity contribution in [2.24, 2.45) is 0 Å². The second-order valence-electron chi connectivity index (χ2n) is 5.59. The zero-order valence-corrected chi connectivity index (χ0v) is 14.0. The van der Waals surface area contributed by atoms with Crippen molar-refractivity contribution in [3.63, 3.8) is 0 Å². The number of benzene rings is 2. The van der Waals surface area contributed by atoms with Crippen LogP contribution in [0.5, 0.6) is 5.75 Å². The van der Waals surface area contributed by atoms with Crippen molar-refractivity contribution in [1.29, 1.82) is 0 Å². The van der Waals surface area contributed by atoms with E-state index in [9.17, 15) is 4.79 Å². The fraction of sp³-hybridized carbons (Fsp3) is 0.211. The maximum Gasteiger partial charge on any atom is 0.265 e. The molecule has 2 aromatic carbocycles. The van der Waals surface area contributed by atoms with Crippen molar-refractivity contribution in [2.75, 3.05) is 0 Å². The summed E-state index contributed by atoms with van der Waals surface area (Å²) in [6, 6.07) is 17.8. The van der Waals surface area contributed by atoms with E-state index in [1.165, 1.54) is 11.3 Å². The Kier molecular flexibility index (Phi) is 4.63. The summed E-state index contributed by atoms with van der Waals surface area (Å²) in [5, 5.41) is 3.98. The summed E-state index contributed by atoms with van der Waals surface area (Å²) in [5.74, 6) is 0.594. The lowest BCUT2D eigenvalue weighted by Crippen LogP contribution is -2.22. The second kappa shape index (κ2) is 6.84. The topological polar surface area (TPSA) is 38.3 Å². The number of hydrogen-bond acceptors (Lipinski definition) is 3. The largest absolute Gasteiger partial charge is 0.489 e. The van der Waals surface area contributed by atoms with Gasteiger partial charge in [-0.3, -0.25) is 4.79 Å². The van der Waals surface area contributed by atoms with Gasteiger partial charge in [0.25, 0.3) is 5.91 Å². The predicted molar refractivity (Wildman–Crippen MR) is 95.2 cm³/mol. The normalized spacial score (nSPS) is 10.9. The van der Waals surface area contributed by atoms with E-state index in [2.05, 4.69) is 5.32 Å². The number of rotatable bonds is 5. The average Bonchev–Trinajstić information content (AvgIpc) is 2.92. The highest BCUT2D eigenvalue weighted by Gasteiger charge is 2.20. The highest BCUT2D eigenvalue weighted by atomic mass is 32.1. The van der Waals surface area contributed by atoms with Gasteiger partial charge in [0.2, 0.25) is 0 Å². The number of hydrogen-bond donors (Lipinski definition) is 1. The molecule has 3 aromatic rings. The molecule has 0 saturated carbocycles. The van der Waals surface area contributed by atoms with E-state index in [-0.39, 0.29) is 12.0 Å². The minimum absolute atomic E-state index is 0.0219. The van der Waals surface area contributed by atoms with Crippen LogP contribution in [0, 0.1) is 0 Å². The molecule has 0 saturated heterocycles. The molecule has 0 aliphatic rings. The Labute approximate surface area is 139 Å². The first-order valence-corrected chi connectivity index (χ1v) is 8.47. The Morgan fingerprint density at radius 1 is 1.09 bits per heavy atom. The van der Waals surface area contributed by atoms with Crippen LogP contribution in [-0.2, 0) is 6.54 Å². The fourth-order valence-electron chi connectivity index (χ4n) is 2.38. The number of fused-ring (bicyclic) bond motifs is 1. The number of nitrogens with one attached hydrogen (secondary N) is 1. The summed E-state index contributed by atoms with van der Waals surface area (Å²) >= 11 is 1.47. The Morgan fingerprint density at radius 3 is 2.52 bits per heavy atom. The third kappa shape index (κ3) is 3.54. The minimum atomic E-state index is -0.0919. The summed E-state index contributed by atoms with van der Waals surface area (Å²) in [6.45, 7) is 4.45. The molecule has 23 heavy (non-hydrogen) atoms. The molecule has 0 atom stereocenters. The van der Waals surface area contributed by atoms with Gasteiger partial charge in [-0.05, 0) is 31.5 Å². The Balaban J connectivity index is 1.87. The van der Waals surface area contributed by atoms with Crippen LogP contribution in [-0.4, -0.2) is 12.0 Å². The Morgan fingerprint density at radius 2 is 1.78 bits per heavy atom. The van der Waals surface area contributed by atoms with Crippen molar-refractivity contribution in [3.8, 4) is 5.75 Å². The zero-order valence-electron chi connectivity index (χ0n) is 13.2. The molecular weight excluding hydrogens is 306 g/mol. The molecule has 3 rings (SSSR count). The first-order valence-electron chi connectivity index (χ1n) is 7.65. The van der Waals surface area contributed by atoms with E-state index in [0.717, 1.165) is 15.6 Å². The number of carbonyl (C=O) groups excluding carboxylic acids is 1. The molecule has 0 aliphatic heterocycles. The van der Waals surface area contributed by atoms with E-state index in [0.29, 0.717) is 17.2 Å². The fourth-order valence-corrected chi connectivity index (χ4v) is 3.44. The van der Waals surface area contributed by atoms with Gasteiger partial charge in [0.1, 0.15) is 4.88 Å². The molecule has 1 N–H and O–H groups in total. The number of ether oxygens (including phenoxy) is 1. The highest BCUT2D eigenvalue weighted by molar-refractivity contribution is 7.21. The Hall–Kier alpha value is -2.33. The maximum atomic E-state index is 12.6. The number of carbonyl (C=O) groups is 1. The molecule has 1 heterocycles. The molecule has 0 radical (unpaired) electrons. The van der Waals surface area contributed by atoms with E-state index >= 15 is 0 Å². The lowest BCUT2D eigenvalue weighted by molar-refractivity contribution is 0.0950. The van der Waals surface area contributed by atoms with Crippen molar-refractivity contribution in [3.05, 3.63) is 65.0 Å². The smallest absolute Gasteiger partial charge is 0.265 e. The quantitative estimate of drug-likeness (QED) is 0.743. The van der Waals surface area contributed by atoms with Crippen LogP contribution in [0.1, 0.15) is 29.1 Å². The molecule has 0 spiro atoms. The molecule has 4 heteroatoms. The average molecular weight is 325 g/mol. The van der Waals surface area contributed by atoms with Gasteiger partial charge in [-0.15, -0.1) is 11.3 Å². The van der Waals surface area contributed by atoms with Crippen molar-refractivity contribution >= 4 is 27.3 Å². The van der Waals surface area contributed by atoms with E-state index in [1.807, 2.05) is 68.4 Å². The van der Waals surface area contributed by atoms with Crippen LogP contribution in [0.15, 0.2) is 54.6 Å². The van der Waals surface area contributed by atoms with E-state index in [4.69, 9.17) is 4.74 Å². The molecule has 118 valence electrons. The van der Waals surface area contributed by atoms with Gasteiger partial charge >= 0.3 is 0 Å². The van der Waals surface area contributed by atoms with E-state index < -0.39 is 0 Å². The molecule has 0 unspecified atom stereocenters. The van der Waals surface area contributed by atoms with Gasteiger partial charge in [-0.25, -0.2) is 0 Å². The Bertz CT molecular complexity index is 809. The van der Waals surface area contributed by atoms with Crippen molar-refractivity contribution in [2.45, 2.75) is 26.5 Å². The van der Waals surface area contributed by atoms with Crippen LogP contribution in [0.3, 0.4) is 0 Å². The predicted octanol–water partition coefficient (Wildman–Crippen LogP) is 4.62. The zero-order chi connectivity index (χ0) is 16.2. The van der Waals surface area contributed by atoms with Crippen LogP contribution in [0.4, 0.5) is 0 Å². The maximum absolute atomic E-state index is 12.6. The third-order valence-corrected chi connectivity index (χ3v) is 4.56. The monoisotopic (exact) mass is 325 g/mol. The molecule has 0 aliphatic carbocycles. The first-order chi connectivity index (χ1) is 11.1. The molecule has 1 amide bonds. The third-order valence-electron chi connectivity index (χ3n) is 3.41. The van der Waals surface area contributed by atoms with Crippen molar-refractivity contribution in [1.82, 2.24) is 5.32 Å². The summed E-state index contributed by atoms with van der Waals surface area (Å²) in [7, 11) is 0. The lowest BCUT2D eigenvalue weighted by Gasteiger charge is -2.11. The molecule has 3 nitrogen and oxygen atoms in total. The first kappa shape index (κ1) is 15.6. The van der Waals surface area contributed by atoms with Gasteiger partial charge in [-0.1, -0.05) is 42.5 Å². The molecule has 0 fully saturated rings. The number of amides is 1. The summed E-state index contributed by atoms with van der Waals surface area (Å²) in [6.07, 6.45) is 0.0219. The van der Waals surface area contributed by atoms with Gasteiger partial charge in [0, 0.05) is 16.6 Å². The molecule has 1 aromatic heterocycles. The standard InChI is InChI=1S/C19H19NO2S/c1-13(2)22-17-15-10-6-7-11-16(15)23-18(17)19(21)20-12-14-8-4-3-5-9-14/h3-11,13H,12H2,1-2H3,(H,20,21). The molecule has 0 bridgehead atoms. The van der Waals surface area contributed by atoms with Gasteiger partial charge < -0.3 is 10.1 Å². The second-order valence-corrected chi connectivity index (χ2v) is 6.64. The van der Waals surface area contributed by atoms with Crippen LogP contribution in [0.25, 0.3) is 10.1 Å². The van der Waals surface area contributed by atoms with Crippen LogP contribution in [0.2, 0.25) is 0 Å². The highest BCUT2D eigenvalue weighted by Crippen LogP contribution is 2.38.